The number of nitrogens with zero attached hydrogens (tertiary/aromatic N) is 2. The van der Waals surface area contributed by atoms with Gasteiger partial charge in [-0.25, -0.2) is 14.8 Å². The summed E-state index contributed by atoms with van der Waals surface area (Å²) < 4.78 is 17.1. The van der Waals surface area contributed by atoms with Crippen molar-refractivity contribution < 1.29 is 18.5 Å². The Morgan fingerprint density at radius 2 is 2.00 bits per heavy atom. The number of carbonyl (C=O) groups excluding carboxylic acids is 2. The van der Waals surface area contributed by atoms with Gasteiger partial charge in [-0.3, -0.25) is 9.00 Å². The van der Waals surface area contributed by atoms with Crippen LogP contribution in [0.25, 0.3) is 22.3 Å². The molecule has 33 heavy (non-hydrogen) atoms. The molecule has 5 N–H and O–H groups in total. The molecule has 2 aromatic heterocycles. The SMILES string of the molecule is CS(=O)CC(CNc1cnc(C(N)=O)c(-c2cc3ccccc3[nH]2)n1)NC(=O)OC(C)(C)C. The molecule has 3 aromatic rings. The predicted octanol–water partition coefficient (Wildman–Crippen LogP) is 2.41. The molecule has 2 heterocycles. The summed E-state index contributed by atoms with van der Waals surface area (Å²) in [6.07, 6.45) is 2.34. The van der Waals surface area contributed by atoms with Gasteiger partial charge in [0.1, 0.15) is 17.1 Å². The number of rotatable bonds is 8. The zero-order valence-corrected chi connectivity index (χ0v) is 19.8. The largest absolute Gasteiger partial charge is 0.444 e. The number of benzene rings is 1. The molecule has 0 bridgehead atoms. The summed E-state index contributed by atoms with van der Waals surface area (Å²) >= 11 is 0. The number of fused-ring (bicyclic) bond motifs is 1. The van der Waals surface area contributed by atoms with Gasteiger partial charge >= 0.3 is 6.09 Å². The van der Waals surface area contributed by atoms with E-state index in [-0.39, 0.29) is 18.0 Å². The minimum Gasteiger partial charge on any atom is -0.444 e. The van der Waals surface area contributed by atoms with Crippen LogP contribution in [-0.4, -0.2) is 61.4 Å². The Morgan fingerprint density at radius 1 is 1.27 bits per heavy atom. The summed E-state index contributed by atoms with van der Waals surface area (Å²) in [5.41, 5.74) is 6.67. The second-order valence-corrected chi connectivity index (χ2v) is 10.0. The number of amides is 2. The molecule has 10 nitrogen and oxygen atoms in total. The van der Waals surface area contributed by atoms with Gasteiger partial charge in [0.05, 0.1) is 17.9 Å². The van der Waals surface area contributed by atoms with E-state index in [0.717, 1.165) is 10.9 Å². The lowest BCUT2D eigenvalue weighted by Gasteiger charge is -2.23. The van der Waals surface area contributed by atoms with Gasteiger partial charge in [-0.15, -0.1) is 0 Å². The molecule has 0 spiro atoms. The zero-order valence-electron chi connectivity index (χ0n) is 19.0. The van der Waals surface area contributed by atoms with Crippen molar-refractivity contribution in [2.24, 2.45) is 5.73 Å². The Bertz CT molecular complexity index is 1150. The van der Waals surface area contributed by atoms with Gasteiger partial charge in [-0.2, -0.15) is 0 Å². The summed E-state index contributed by atoms with van der Waals surface area (Å²) in [5, 5.41) is 6.76. The smallest absolute Gasteiger partial charge is 0.407 e. The first-order valence-corrected chi connectivity index (χ1v) is 12.0. The van der Waals surface area contributed by atoms with Crippen molar-refractivity contribution >= 4 is 39.5 Å². The topological polar surface area (TPSA) is 152 Å². The van der Waals surface area contributed by atoms with Crippen LogP contribution in [0, 0.1) is 0 Å². The summed E-state index contributed by atoms with van der Waals surface area (Å²) in [6.45, 7) is 5.51. The highest BCUT2D eigenvalue weighted by Gasteiger charge is 2.21. The van der Waals surface area contributed by atoms with Gasteiger partial charge in [0.15, 0.2) is 5.69 Å². The van der Waals surface area contributed by atoms with Crippen LogP contribution < -0.4 is 16.4 Å². The lowest BCUT2D eigenvalue weighted by Crippen LogP contribution is -2.45. The zero-order chi connectivity index (χ0) is 24.2. The lowest BCUT2D eigenvalue weighted by atomic mass is 10.2. The van der Waals surface area contributed by atoms with Gasteiger partial charge in [0.2, 0.25) is 0 Å². The average molecular weight is 473 g/mol. The number of ether oxygens (including phenoxy) is 1. The Morgan fingerprint density at radius 3 is 2.64 bits per heavy atom. The van der Waals surface area contributed by atoms with Crippen LogP contribution in [-0.2, 0) is 15.5 Å². The summed E-state index contributed by atoms with van der Waals surface area (Å²) in [5.74, 6) is -0.117. The second kappa shape index (κ2) is 9.99. The molecule has 3 rings (SSSR count). The first kappa shape index (κ1) is 24.2. The Kier molecular flexibility index (Phi) is 7.32. The molecule has 2 atom stereocenters. The van der Waals surface area contributed by atoms with Gasteiger partial charge in [0.25, 0.3) is 5.91 Å². The van der Waals surface area contributed by atoms with Crippen LogP contribution in [0.5, 0.6) is 0 Å². The second-order valence-electron chi connectivity index (χ2n) is 8.55. The van der Waals surface area contributed by atoms with Crippen molar-refractivity contribution in [1.29, 1.82) is 0 Å². The number of nitrogens with two attached hydrogens (primary N) is 1. The number of anilines is 1. The predicted molar refractivity (Wildman–Crippen MR) is 128 cm³/mol. The molecule has 176 valence electrons. The van der Waals surface area contributed by atoms with Crippen LogP contribution in [0.3, 0.4) is 0 Å². The molecule has 1 aromatic carbocycles. The minimum atomic E-state index is -1.16. The first-order chi connectivity index (χ1) is 15.5. The van der Waals surface area contributed by atoms with Gasteiger partial charge in [-0.1, -0.05) is 18.2 Å². The van der Waals surface area contributed by atoms with Crippen molar-refractivity contribution in [2.75, 3.05) is 23.9 Å². The number of hydrogen-bond donors (Lipinski definition) is 4. The Labute approximate surface area is 194 Å². The standard InChI is InChI=1S/C22H28N6O4S/c1-22(2,3)32-21(30)26-14(12-33(4)31)10-24-17-11-25-19(20(23)29)18(28-17)16-9-13-7-5-6-8-15(13)27-16/h5-9,11,14,27H,10,12H2,1-4H3,(H2,23,29)(H,24,28)(H,26,30). The summed E-state index contributed by atoms with van der Waals surface area (Å²) in [6, 6.07) is 9.04. The monoisotopic (exact) mass is 472 g/mol. The lowest BCUT2D eigenvalue weighted by molar-refractivity contribution is 0.0512. The van der Waals surface area contributed by atoms with E-state index in [0.29, 0.717) is 17.2 Å². The maximum atomic E-state index is 12.2. The Hall–Kier alpha value is -3.47. The molecule has 0 aliphatic heterocycles. The molecule has 0 aliphatic rings. The highest BCUT2D eigenvalue weighted by atomic mass is 32.2. The third-order valence-electron chi connectivity index (χ3n) is 4.48. The van der Waals surface area contributed by atoms with Gasteiger partial charge in [0, 0.05) is 40.3 Å². The molecule has 0 saturated heterocycles. The highest BCUT2D eigenvalue weighted by Crippen LogP contribution is 2.25. The third-order valence-corrected chi connectivity index (χ3v) is 5.35. The van der Waals surface area contributed by atoms with E-state index in [1.165, 1.54) is 6.20 Å². The van der Waals surface area contributed by atoms with Crippen molar-refractivity contribution in [3.05, 3.63) is 42.2 Å². The molecule has 2 amide bonds. The number of aromatic nitrogens is 3. The summed E-state index contributed by atoms with van der Waals surface area (Å²) in [4.78, 5) is 36.0. The van der Waals surface area contributed by atoms with E-state index in [1.807, 2.05) is 30.3 Å². The van der Waals surface area contributed by atoms with Crippen LogP contribution in [0.4, 0.5) is 10.6 Å². The number of nitrogens with one attached hydrogen (secondary N) is 3. The van der Waals surface area contributed by atoms with E-state index in [4.69, 9.17) is 10.5 Å². The molecule has 0 saturated carbocycles. The fourth-order valence-corrected chi connectivity index (χ4v) is 3.95. The fourth-order valence-electron chi connectivity index (χ4n) is 3.18. The van der Waals surface area contributed by atoms with E-state index < -0.39 is 34.4 Å². The van der Waals surface area contributed by atoms with Gasteiger partial charge in [-0.05, 0) is 32.9 Å². The molecule has 0 radical (unpaired) electrons. The number of alkyl carbamates (subject to hydrolysis) is 1. The number of H-pyrrole nitrogens is 1. The molecule has 2 unspecified atom stereocenters. The van der Waals surface area contributed by atoms with Crippen molar-refractivity contribution in [3.63, 3.8) is 0 Å². The summed E-state index contributed by atoms with van der Waals surface area (Å²) in [7, 11) is -1.16. The quantitative estimate of drug-likeness (QED) is 0.393. The normalized spacial score (nSPS) is 13.3. The molecule has 0 aliphatic carbocycles. The first-order valence-electron chi connectivity index (χ1n) is 10.3. The molecular formula is C22H28N6O4S. The minimum absolute atomic E-state index is 0.0326. The van der Waals surface area contributed by atoms with Crippen molar-refractivity contribution in [3.8, 4) is 11.4 Å². The van der Waals surface area contributed by atoms with E-state index >= 15 is 0 Å². The van der Waals surface area contributed by atoms with Gasteiger partial charge < -0.3 is 26.1 Å². The Balaban J connectivity index is 1.82. The van der Waals surface area contributed by atoms with E-state index in [1.54, 1.807) is 27.0 Å². The van der Waals surface area contributed by atoms with Crippen molar-refractivity contribution in [2.45, 2.75) is 32.4 Å². The maximum absolute atomic E-state index is 12.2. The van der Waals surface area contributed by atoms with Crippen molar-refractivity contribution in [1.82, 2.24) is 20.3 Å². The van der Waals surface area contributed by atoms with E-state index in [2.05, 4.69) is 25.6 Å². The number of primary amides is 1. The third kappa shape index (κ3) is 6.75. The number of hydrogen-bond acceptors (Lipinski definition) is 7. The number of para-hydroxylation sites is 1. The maximum Gasteiger partial charge on any atom is 0.407 e. The molecule has 0 fully saturated rings. The number of aromatic amines is 1. The van der Waals surface area contributed by atoms with Crippen LogP contribution >= 0.6 is 0 Å². The average Bonchev–Trinajstić information content (AvgIpc) is 3.14. The molecular weight excluding hydrogens is 444 g/mol. The van der Waals surface area contributed by atoms with Crippen LogP contribution in [0.15, 0.2) is 36.5 Å². The molecule has 11 heteroatoms. The van der Waals surface area contributed by atoms with Crippen LogP contribution in [0.1, 0.15) is 31.3 Å². The number of carbonyl (C=O) groups is 2. The van der Waals surface area contributed by atoms with Crippen LogP contribution in [0.2, 0.25) is 0 Å². The fraction of sp³-hybridized carbons (Fsp3) is 0.364. The van der Waals surface area contributed by atoms with E-state index in [9.17, 15) is 13.8 Å². The highest BCUT2D eigenvalue weighted by molar-refractivity contribution is 7.84.